The number of benzene rings is 2. The van der Waals surface area contributed by atoms with Crippen molar-refractivity contribution in [1.29, 1.82) is 0 Å². The second kappa shape index (κ2) is 8.63. The molecular weight excluding hydrogens is 463 g/mol. The van der Waals surface area contributed by atoms with Gasteiger partial charge in [-0.15, -0.1) is 0 Å². The molecule has 1 amide bonds. The fourth-order valence-electron chi connectivity index (χ4n) is 3.47. The lowest BCUT2D eigenvalue weighted by atomic mass is 9.97. The first-order chi connectivity index (χ1) is 14.5. The molecule has 164 valence electrons. The Balaban J connectivity index is 2.37. The van der Waals surface area contributed by atoms with E-state index in [4.69, 9.17) is 27.7 Å². The lowest BCUT2D eigenvalue weighted by Crippen LogP contribution is -2.13. The molecule has 1 aromatic heterocycles. The molecule has 0 aliphatic carbocycles. The standard InChI is InChI=1S/C21H20Cl2N2O5S/c1-10-17(11(2)19(23)12(3)18(10)22)20-21(15(9-26)30-25-20)31(28,29)16-8-6-5-7-14(16)24-13(4)27/h5-8,26H,9H2,1-4H3,(H,24,27). The SMILES string of the molecule is CC(=O)Nc1ccccc1S(=O)(=O)c1c(-c2c(C)c(Cl)c(C)c(Cl)c2C)noc1CO. The van der Waals surface area contributed by atoms with Gasteiger partial charge in [0.2, 0.25) is 15.7 Å². The highest BCUT2D eigenvalue weighted by Gasteiger charge is 2.34. The maximum atomic E-state index is 13.7. The van der Waals surface area contributed by atoms with Gasteiger partial charge in [0.1, 0.15) is 17.2 Å². The van der Waals surface area contributed by atoms with Crippen molar-refractivity contribution in [3.05, 3.63) is 56.8 Å². The number of rotatable bonds is 5. The molecule has 7 nitrogen and oxygen atoms in total. The van der Waals surface area contributed by atoms with Crippen LogP contribution in [-0.4, -0.2) is 24.6 Å². The number of aromatic nitrogens is 1. The minimum atomic E-state index is -4.28. The fraction of sp³-hybridized carbons (Fsp3) is 0.238. The average Bonchev–Trinajstić information content (AvgIpc) is 3.15. The van der Waals surface area contributed by atoms with Gasteiger partial charge in [-0.3, -0.25) is 4.79 Å². The Morgan fingerprint density at radius 2 is 1.68 bits per heavy atom. The normalized spacial score (nSPS) is 11.6. The van der Waals surface area contributed by atoms with Crippen LogP contribution in [0.3, 0.4) is 0 Å². The molecular formula is C21H20Cl2N2O5S. The topological polar surface area (TPSA) is 110 Å². The maximum Gasteiger partial charge on any atom is 0.221 e. The van der Waals surface area contributed by atoms with Crippen molar-refractivity contribution in [2.24, 2.45) is 0 Å². The molecule has 0 aliphatic heterocycles. The highest BCUT2D eigenvalue weighted by molar-refractivity contribution is 7.91. The van der Waals surface area contributed by atoms with Crippen LogP contribution in [0.15, 0.2) is 38.6 Å². The number of sulfone groups is 1. The summed E-state index contributed by atoms with van der Waals surface area (Å²) in [7, 11) is -4.28. The van der Waals surface area contributed by atoms with Crippen LogP contribution in [0.2, 0.25) is 10.0 Å². The first-order valence-electron chi connectivity index (χ1n) is 9.18. The van der Waals surface area contributed by atoms with Crippen molar-refractivity contribution in [2.75, 3.05) is 5.32 Å². The van der Waals surface area contributed by atoms with E-state index in [1.807, 2.05) is 0 Å². The Bertz CT molecular complexity index is 1270. The Morgan fingerprint density at radius 1 is 1.10 bits per heavy atom. The van der Waals surface area contributed by atoms with Gasteiger partial charge in [-0.05, 0) is 49.6 Å². The van der Waals surface area contributed by atoms with Gasteiger partial charge in [0.15, 0.2) is 5.76 Å². The summed E-state index contributed by atoms with van der Waals surface area (Å²) in [5, 5.41) is 17.0. The summed E-state index contributed by atoms with van der Waals surface area (Å²) < 4.78 is 32.6. The number of nitrogens with zero attached hydrogens (tertiary/aromatic N) is 1. The molecule has 0 saturated heterocycles. The zero-order chi connectivity index (χ0) is 23.1. The first kappa shape index (κ1) is 23.3. The minimum Gasteiger partial charge on any atom is -0.388 e. The van der Waals surface area contributed by atoms with E-state index in [9.17, 15) is 18.3 Å². The van der Waals surface area contributed by atoms with Crippen molar-refractivity contribution >= 4 is 44.6 Å². The first-order valence-corrected chi connectivity index (χ1v) is 11.4. The van der Waals surface area contributed by atoms with Crippen molar-refractivity contribution < 1.29 is 22.8 Å². The predicted octanol–water partition coefficient (Wildman–Crippen LogP) is 4.86. The lowest BCUT2D eigenvalue weighted by Gasteiger charge is -2.16. The third-order valence-corrected chi connectivity index (χ3v) is 7.95. The van der Waals surface area contributed by atoms with Gasteiger partial charge in [-0.25, -0.2) is 8.42 Å². The van der Waals surface area contributed by atoms with Crippen LogP contribution in [0, 0.1) is 20.8 Å². The van der Waals surface area contributed by atoms with E-state index in [2.05, 4.69) is 10.5 Å². The number of nitrogens with one attached hydrogen (secondary N) is 1. The smallest absolute Gasteiger partial charge is 0.221 e. The van der Waals surface area contributed by atoms with Crippen LogP contribution >= 0.6 is 23.2 Å². The maximum absolute atomic E-state index is 13.7. The number of aliphatic hydroxyl groups excluding tert-OH is 1. The molecule has 0 radical (unpaired) electrons. The molecule has 0 atom stereocenters. The number of aliphatic hydroxyl groups is 1. The monoisotopic (exact) mass is 482 g/mol. The van der Waals surface area contributed by atoms with Gasteiger partial charge in [0.25, 0.3) is 0 Å². The molecule has 2 N–H and O–H groups in total. The Morgan fingerprint density at radius 3 is 2.23 bits per heavy atom. The number of halogens is 2. The Kier molecular flexibility index (Phi) is 6.48. The largest absolute Gasteiger partial charge is 0.388 e. The average molecular weight is 483 g/mol. The van der Waals surface area contributed by atoms with Gasteiger partial charge in [-0.1, -0.05) is 40.5 Å². The summed E-state index contributed by atoms with van der Waals surface area (Å²) in [5.74, 6) is -0.668. The van der Waals surface area contributed by atoms with E-state index >= 15 is 0 Å². The van der Waals surface area contributed by atoms with Crippen molar-refractivity contribution in [1.82, 2.24) is 5.16 Å². The highest BCUT2D eigenvalue weighted by atomic mass is 35.5. The predicted molar refractivity (Wildman–Crippen MR) is 118 cm³/mol. The van der Waals surface area contributed by atoms with Crippen molar-refractivity contribution in [3.63, 3.8) is 0 Å². The highest BCUT2D eigenvalue weighted by Crippen LogP contribution is 2.43. The summed E-state index contributed by atoms with van der Waals surface area (Å²) in [6, 6.07) is 5.95. The summed E-state index contributed by atoms with van der Waals surface area (Å²) in [4.78, 5) is 11.1. The van der Waals surface area contributed by atoms with Gasteiger partial charge < -0.3 is 14.9 Å². The molecule has 0 aliphatic rings. The van der Waals surface area contributed by atoms with E-state index in [0.717, 1.165) is 0 Å². The molecule has 3 rings (SSSR count). The Labute approximate surface area is 189 Å². The summed E-state index contributed by atoms with van der Waals surface area (Å²) >= 11 is 12.9. The third kappa shape index (κ3) is 3.96. The van der Waals surface area contributed by atoms with Crippen LogP contribution in [-0.2, 0) is 21.2 Å². The summed E-state index contributed by atoms with van der Waals surface area (Å²) in [6.07, 6.45) is 0. The number of anilines is 1. The van der Waals surface area contributed by atoms with Gasteiger partial charge >= 0.3 is 0 Å². The van der Waals surface area contributed by atoms with Crippen LogP contribution in [0.5, 0.6) is 0 Å². The molecule has 31 heavy (non-hydrogen) atoms. The van der Waals surface area contributed by atoms with Gasteiger partial charge in [0, 0.05) is 22.5 Å². The second-order valence-electron chi connectivity index (χ2n) is 7.00. The third-order valence-electron chi connectivity index (χ3n) is 4.92. The lowest BCUT2D eigenvalue weighted by molar-refractivity contribution is -0.114. The molecule has 0 spiro atoms. The number of carbonyl (C=O) groups excluding carboxylic acids is 1. The van der Waals surface area contributed by atoms with Crippen LogP contribution in [0.25, 0.3) is 11.3 Å². The fourth-order valence-corrected chi connectivity index (χ4v) is 5.58. The second-order valence-corrected chi connectivity index (χ2v) is 9.61. The van der Waals surface area contributed by atoms with Crippen LogP contribution in [0.4, 0.5) is 5.69 Å². The molecule has 1 heterocycles. The summed E-state index contributed by atoms with van der Waals surface area (Å²) in [6.45, 7) is 5.79. The molecule has 0 bridgehead atoms. The number of amides is 1. The number of hydrogen-bond donors (Lipinski definition) is 2. The molecule has 2 aromatic carbocycles. The van der Waals surface area contributed by atoms with Gasteiger partial charge in [0.05, 0.1) is 10.6 Å². The number of para-hydroxylation sites is 1. The molecule has 0 fully saturated rings. The van der Waals surface area contributed by atoms with Crippen LogP contribution in [0.1, 0.15) is 29.4 Å². The van der Waals surface area contributed by atoms with Crippen molar-refractivity contribution in [3.8, 4) is 11.3 Å². The zero-order valence-electron chi connectivity index (χ0n) is 17.2. The minimum absolute atomic E-state index is 0.0134. The van der Waals surface area contributed by atoms with E-state index < -0.39 is 22.4 Å². The van der Waals surface area contributed by atoms with Crippen LogP contribution < -0.4 is 5.32 Å². The van der Waals surface area contributed by atoms with E-state index in [-0.39, 0.29) is 26.9 Å². The summed E-state index contributed by atoms with van der Waals surface area (Å²) in [5.41, 5.74) is 2.30. The van der Waals surface area contributed by atoms with E-state index in [1.54, 1.807) is 26.8 Å². The molecule has 0 saturated carbocycles. The number of carbonyl (C=O) groups is 1. The van der Waals surface area contributed by atoms with E-state index in [1.165, 1.54) is 25.1 Å². The van der Waals surface area contributed by atoms with Gasteiger partial charge in [-0.2, -0.15) is 0 Å². The Hall–Kier alpha value is -2.39. The number of hydrogen-bond acceptors (Lipinski definition) is 6. The quantitative estimate of drug-likeness (QED) is 0.537. The van der Waals surface area contributed by atoms with Crippen molar-refractivity contribution in [2.45, 2.75) is 44.1 Å². The van der Waals surface area contributed by atoms with E-state index in [0.29, 0.717) is 32.3 Å². The molecule has 3 aromatic rings. The molecule has 0 unspecified atom stereocenters. The zero-order valence-corrected chi connectivity index (χ0v) is 19.5. The molecule has 10 heteroatoms.